The van der Waals surface area contributed by atoms with Crippen molar-refractivity contribution >= 4 is 0 Å². The molecule has 0 spiro atoms. The summed E-state index contributed by atoms with van der Waals surface area (Å²) in [6.07, 6.45) is -6.52. The standard InChI is InChI=1S/C6H11O5/c1-2-3(7)4(8)5(9)6(10)11-2/h2-9H,1H3/t2-,3-,4+,5-,6-/m1/s1. The molecule has 3 N–H and O–H groups in total. The van der Waals surface area contributed by atoms with Gasteiger partial charge in [0.1, 0.15) is 18.3 Å². The van der Waals surface area contributed by atoms with Gasteiger partial charge in [-0.3, -0.25) is 0 Å². The molecule has 1 aliphatic heterocycles. The van der Waals surface area contributed by atoms with Crippen molar-refractivity contribution in [2.45, 2.75) is 37.6 Å². The average Bonchev–Trinajstić information content (AvgIpc) is 1.97. The van der Waals surface area contributed by atoms with Gasteiger partial charge in [-0.15, -0.1) is 0 Å². The minimum absolute atomic E-state index is 0.726. The summed E-state index contributed by atoms with van der Waals surface area (Å²) < 4.78 is 4.57. The van der Waals surface area contributed by atoms with E-state index >= 15 is 0 Å². The molecule has 0 bridgehead atoms. The zero-order valence-electron chi connectivity index (χ0n) is 6.04. The van der Waals surface area contributed by atoms with Crippen LogP contribution in [-0.4, -0.2) is 46.0 Å². The fraction of sp³-hybridized carbons (Fsp3) is 1.00. The van der Waals surface area contributed by atoms with Crippen LogP contribution in [0.4, 0.5) is 0 Å². The molecule has 65 valence electrons. The normalized spacial score (nSPS) is 52.6. The van der Waals surface area contributed by atoms with E-state index in [2.05, 4.69) is 4.74 Å². The van der Waals surface area contributed by atoms with Gasteiger partial charge in [0, 0.05) is 0 Å². The number of hydrogen-bond donors (Lipinski definition) is 3. The molecule has 1 saturated heterocycles. The summed E-state index contributed by atoms with van der Waals surface area (Å²) in [5.41, 5.74) is 0. The Bertz CT molecular complexity index is 125. The van der Waals surface area contributed by atoms with E-state index in [0.29, 0.717) is 0 Å². The Morgan fingerprint density at radius 3 is 2.18 bits per heavy atom. The van der Waals surface area contributed by atoms with E-state index < -0.39 is 30.7 Å². The maximum Gasteiger partial charge on any atom is 0.220 e. The molecule has 5 nitrogen and oxygen atoms in total. The fourth-order valence-electron chi connectivity index (χ4n) is 1.01. The van der Waals surface area contributed by atoms with E-state index in [1.807, 2.05) is 0 Å². The molecular formula is C6H11O5. The second-order valence-corrected chi connectivity index (χ2v) is 2.68. The molecule has 1 heterocycles. The molecule has 5 heteroatoms. The van der Waals surface area contributed by atoms with Crippen molar-refractivity contribution in [1.29, 1.82) is 0 Å². The number of aliphatic hydroxyl groups is 3. The SMILES string of the molecule is C[C@H]1O[C@@H]([O])[C@H](O)[C@@H](O)[C@@H]1O. The fourth-order valence-corrected chi connectivity index (χ4v) is 1.01. The molecule has 1 rings (SSSR count). The third-order valence-corrected chi connectivity index (χ3v) is 1.81. The Kier molecular flexibility index (Phi) is 2.46. The lowest BCUT2D eigenvalue weighted by molar-refractivity contribution is -0.295. The Morgan fingerprint density at radius 1 is 1.09 bits per heavy atom. The van der Waals surface area contributed by atoms with Gasteiger partial charge < -0.3 is 20.1 Å². The molecule has 0 aromatic heterocycles. The second kappa shape index (κ2) is 3.04. The van der Waals surface area contributed by atoms with Crippen molar-refractivity contribution in [2.24, 2.45) is 0 Å². The lowest BCUT2D eigenvalue weighted by Crippen LogP contribution is -2.56. The topological polar surface area (TPSA) is 89.8 Å². The summed E-state index contributed by atoms with van der Waals surface area (Å²) >= 11 is 0. The molecule has 1 fully saturated rings. The van der Waals surface area contributed by atoms with Gasteiger partial charge >= 0.3 is 0 Å². The maximum atomic E-state index is 10.7. The number of aliphatic hydroxyl groups excluding tert-OH is 3. The van der Waals surface area contributed by atoms with E-state index in [9.17, 15) is 5.11 Å². The summed E-state index contributed by atoms with van der Waals surface area (Å²) in [6, 6.07) is 0. The van der Waals surface area contributed by atoms with Crippen LogP contribution in [0.25, 0.3) is 0 Å². The van der Waals surface area contributed by atoms with Crippen LogP contribution in [0, 0.1) is 0 Å². The largest absolute Gasteiger partial charge is 0.388 e. The minimum Gasteiger partial charge on any atom is -0.388 e. The van der Waals surface area contributed by atoms with E-state index in [-0.39, 0.29) is 0 Å². The number of ether oxygens (including phenoxy) is 1. The van der Waals surface area contributed by atoms with Crippen molar-refractivity contribution in [3.63, 3.8) is 0 Å². The summed E-state index contributed by atoms with van der Waals surface area (Å²) in [7, 11) is 0. The molecule has 0 aliphatic carbocycles. The minimum atomic E-state index is -1.66. The highest BCUT2D eigenvalue weighted by atomic mass is 16.6. The Morgan fingerprint density at radius 2 is 1.64 bits per heavy atom. The zero-order chi connectivity index (χ0) is 8.59. The van der Waals surface area contributed by atoms with Gasteiger partial charge in [0.15, 0.2) is 0 Å². The van der Waals surface area contributed by atoms with E-state index in [4.69, 9.17) is 15.3 Å². The quantitative estimate of drug-likeness (QED) is 0.395. The van der Waals surface area contributed by atoms with E-state index in [0.717, 1.165) is 0 Å². The van der Waals surface area contributed by atoms with Crippen LogP contribution >= 0.6 is 0 Å². The van der Waals surface area contributed by atoms with Gasteiger partial charge in [0.25, 0.3) is 0 Å². The lowest BCUT2D eigenvalue weighted by atomic mass is 10.0. The molecule has 1 aliphatic rings. The van der Waals surface area contributed by atoms with Crippen molar-refractivity contribution in [3.8, 4) is 0 Å². The number of hydrogen-bond acceptors (Lipinski definition) is 4. The first-order valence-electron chi connectivity index (χ1n) is 3.39. The third kappa shape index (κ3) is 1.52. The zero-order valence-corrected chi connectivity index (χ0v) is 6.04. The van der Waals surface area contributed by atoms with Crippen molar-refractivity contribution in [1.82, 2.24) is 0 Å². The number of rotatable bonds is 0. The molecular weight excluding hydrogens is 152 g/mol. The smallest absolute Gasteiger partial charge is 0.220 e. The average molecular weight is 163 g/mol. The Hall–Kier alpha value is -0.200. The highest BCUT2D eigenvalue weighted by Crippen LogP contribution is 2.19. The highest BCUT2D eigenvalue weighted by molar-refractivity contribution is 4.85. The second-order valence-electron chi connectivity index (χ2n) is 2.68. The molecule has 0 aromatic carbocycles. The summed E-state index contributed by atoms with van der Waals surface area (Å²) in [4.78, 5) is 0. The summed E-state index contributed by atoms with van der Waals surface area (Å²) in [5, 5.41) is 37.7. The van der Waals surface area contributed by atoms with Crippen molar-refractivity contribution < 1.29 is 25.2 Å². The Balaban J connectivity index is 2.63. The molecule has 11 heavy (non-hydrogen) atoms. The summed E-state index contributed by atoms with van der Waals surface area (Å²) in [5.74, 6) is 0. The maximum absolute atomic E-state index is 10.7. The monoisotopic (exact) mass is 163 g/mol. The van der Waals surface area contributed by atoms with Crippen LogP contribution in [0.15, 0.2) is 0 Å². The van der Waals surface area contributed by atoms with Crippen LogP contribution in [0.2, 0.25) is 0 Å². The van der Waals surface area contributed by atoms with Gasteiger partial charge in [0.2, 0.25) is 6.29 Å². The predicted octanol–water partition coefficient (Wildman–Crippen LogP) is -1.76. The molecule has 0 amide bonds. The van der Waals surface area contributed by atoms with Crippen LogP contribution in [0.1, 0.15) is 6.92 Å². The van der Waals surface area contributed by atoms with Crippen LogP contribution < -0.4 is 0 Å². The van der Waals surface area contributed by atoms with Gasteiger partial charge in [-0.05, 0) is 6.92 Å². The molecule has 0 aromatic rings. The summed E-state index contributed by atoms with van der Waals surface area (Å²) in [6.45, 7) is 1.46. The molecule has 0 saturated carbocycles. The molecule has 1 radical (unpaired) electrons. The third-order valence-electron chi connectivity index (χ3n) is 1.81. The van der Waals surface area contributed by atoms with Crippen LogP contribution in [-0.2, 0) is 9.84 Å². The highest BCUT2D eigenvalue weighted by Gasteiger charge is 2.41. The first kappa shape index (κ1) is 8.89. The van der Waals surface area contributed by atoms with E-state index in [1.54, 1.807) is 0 Å². The van der Waals surface area contributed by atoms with Gasteiger partial charge in [-0.2, -0.15) is 5.11 Å². The molecule has 0 unspecified atom stereocenters. The first-order valence-corrected chi connectivity index (χ1v) is 3.39. The predicted molar refractivity (Wildman–Crippen MR) is 33.0 cm³/mol. The van der Waals surface area contributed by atoms with Gasteiger partial charge in [-0.1, -0.05) is 0 Å². The first-order chi connectivity index (χ1) is 5.04. The van der Waals surface area contributed by atoms with Gasteiger partial charge in [-0.25, -0.2) is 0 Å². The van der Waals surface area contributed by atoms with E-state index in [1.165, 1.54) is 6.92 Å². The lowest BCUT2D eigenvalue weighted by Gasteiger charge is -2.35. The van der Waals surface area contributed by atoms with Crippen molar-refractivity contribution in [2.75, 3.05) is 0 Å². The Labute approximate surface area is 63.8 Å². The van der Waals surface area contributed by atoms with Gasteiger partial charge in [0.05, 0.1) is 6.10 Å². The van der Waals surface area contributed by atoms with Crippen LogP contribution in [0.5, 0.6) is 0 Å². The molecule has 5 atom stereocenters. The van der Waals surface area contributed by atoms with Crippen molar-refractivity contribution in [3.05, 3.63) is 0 Å². The van der Waals surface area contributed by atoms with Crippen LogP contribution in [0.3, 0.4) is 0 Å².